The number of amides is 3. The summed E-state index contributed by atoms with van der Waals surface area (Å²) < 4.78 is 14.0. The second kappa shape index (κ2) is 8.32. The highest BCUT2D eigenvalue weighted by Crippen LogP contribution is 2.29. The van der Waals surface area contributed by atoms with E-state index in [0.717, 1.165) is 0 Å². The molecule has 3 amide bonds. The average molecular weight is 415 g/mol. The van der Waals surface area contributed by atoms with E-state index in [9.17, 15) is 18.8 Å². The predicted molar refractivity (Wildman–Crippen MR) is 108 cm³/mol. The molecule has 3 heterocycles. The topological polar surface area (TPSA) is 69.7 Å². The van der Waals surface area contributed by atoms with E-state index in [-0.39, 0.29) is 42.4 Å². The van der Waals surface area contributed by atoms with Gasteiger partial charge in [0.05, 0.1) is 11.6 Å². The molecule has 0 bridgehead atoms. The van der Waals surface area contributed by atoms with Crippen molar-refractivity contribution in [1.29, 1.82) is 0 Å². The first-order chi connectivity index (χ1) is 14.0. The lowest BCUT2D eigenvalue weighted by atomic mass is 10.0. The maximum absolute atomic E-state index is 14.0. The molecule has 0 aliphatic carbocycles. The summed E-state index contributed by atoms with van der Waals surface area (Å²) in [4.78, 5) is 40.5. The monoisotopic (exact) mass is 415 g/mol. The molecule has 2 aromatic rings. The van der Waals surface area contributed by atoms with Crippen LogP contribution in [-0.4, -0.2) is 48.3 Å². The number of likely N-dealkylation sites (tertiary alicyclic amines) is 1. The molecule has 4 rings (SSSR count). The summed E-state index contributed by atoms with van der Waals surface area (Å²) in [5.41, 5.74) is 0.883. The van der Waals surface area contributed by atoms with E-state index in [2.05, 4.69) is 5.32 Å². The Balaban J connectivity index is 1.31. The second-order valence-corrected chi connectivity index (χ2v) is 8.22. The highest BCUT2D eigenvalue weighted by molar-refractivity contribution is 7.08. The van der Waals surface area contributed by atoms with Crippen LogP contribution in [0.3, 0.4) is 0 Å². The first kappa shape index (κ1) is 19.6. The molecule has 29 heavy (non-hydrogen) atoms. The lowest BCUT2D eigenvalue weighted by molar-refractivity contribution is -0.136. The third-order valence-electron chi connectivity index (χ3n) is 5.54. The van der Waals surface area contributed by atoms with Crippen LogP contribution in [0.2, 0.25) is 0 Å². The number of rotatable bonds is 4. The van der Waals surface area contributed by atoms with E-state index >= 15 is 0 Å². The first-order valence-electron chi connectivity index (χ1n) is 9.69. The SMILES string of the molecule is O=C(NC1CCN(C(=O)C2CC(=O)N(c3ccccc3F)C2)CC1)c1ccsc1. The molecular weight excluding hydrogens is 393 g/mol. The number of hydrogen-bond acceptors (Lipinski definition) is 4. The van der Waals surface area contributed by atoms with Crippen LogP contribution in [0.25, 0.3) is 0 Å². The molecule has 2 fully saturated rings. The molecule has 0 radical (unpaired) electrons. The quantitative estimate of drug-likeness (QED) is 0.835. The maximum Gasteiger partial charge on any atom is 0.252 e. The number of anilines is 1. The standard InChI is InChI=1S/C21H22FN3O3S/c22-17-3-1-2-4-18(17)25-12-15(11-19(25)26)21(28)24-8-5-16(6-9-24)23-20(27)14-7-10-29-13-14/h1-4,7,10,13,15-16H,5-6,8-9,11-12H2,(H,23,27). The number of nitrogens with one attached hydrogen (secondary N) is 1. The van der Waals surface area contributed by atoms with Crippen LogP contribution in [0.4, 0.5) is 10.1 Å². The van der Waals surface area contributed by atoms with Crippen molar-refractivity contribution in [2.24, 2.45) is 5.92 Å². The molecule has 0 saturated carbocycles. The molecule has 6 nitrogen and oxygen atoms in total. The highest BCUT2D eigenvalue weighted by atomic mass is 32.1. The smallest absolute Gasteiger partial charge is 0.252 e. The molecule has 2 aliphatic heterocycles. The fourth-order valence-corrected chi connectivity index (χ4v) is 4.58. The molecule has 1 aromatic heterocycles. The predicted octanol–water partition coefficient (Wildman–Crippen LogP) is 2.66. The maximum atomic E-state index is 14.0. The minimum atomic E-state index is -0.462. The summed E-state index contributed by atoms with van der Waals surface area (Å²) >= 11 is 1.48. The van der Waals surface area contributed by atoms with E-state index in [1.54, 1.807) is 29.2 Å². The van der Waals surface area contributed by atoms with Crippen LogP contribution < -0.4 is 10.2 Å². The number of hydrogen-bond donors (Lipinski definition) is 1. The van der Waals surface area contributed by atoms with Crippen molar-refractivity contribution >= 4 is 34.7 Å². The molecule has 2 saturated heterocycles. The van der Waals surface area contributed by atoms with E-state index in [4.69, 9.17) is 0 Å². The van der Waals surface area contributed by atoms with Gasteiger partial charge in [0.25, 0.3) is 5.91 Å². The Bertz CT molecular complexity index is 910. The van der Waals surface area contributed by atoms with Gasteiger partial charge in [-0.1, -0.05) is 12.1 Å². The van der Waals surface area contributed by atoms with E-state index in [1.807, 2.05) is 10.8 Å². The number of thiophene rings is 1. The molecule has 152 valence electrons. The van der Waals surface area contributed by atoms with Crippen molar-refractivity contribution in [3.05, 3.63) is 52.5 Å². The Morgan fingerprint density at radius 2 is 1.90 bits per heavy atom. The largest absolute Gasteiger partial charge is 0.349 e. The number of halogens is 1. The van der Waals surface area contributed by atoms with Crippen LogP contribution in [0.5, 0.6) is 0 Å². The third kappa shape index (κ3) is 4.17. The summed E-state index contributed by atoms with van der Waals surface area (Å²) in [6.07, 6.45) is 1.46. The van der Waals surface area contributed by atoms with Crippen molar-refractivity contribution in [2.45, 2.75) is 25.3 Å². The summed E-state index contributed by atoms with van der Waals surface area (Å²) in [6.45, 7) is 1.28. The van der Waals surface area contributed by atoms with Gasteiger partial charge in [-0.3, -0.25) is 14.4 Å². The molecule has 1 N–H and O–H groups in total. The zero-order chi connectivity index (χ0) is 20.4. The van der Waals surface area contributed by atoms with Crippen LogP contribution in [0.15, 0.2) is 41.1 Å². The average Bonchev–Trinajstić information content (AvgIpc) is 3.39. The summed E-state index contributed by atoms with van der Waals surface area (Å²) in [7, 11) is 0. The van der Waals surface area contributed by atoms with Crippen molar-refractivity contribution in [3.63, 3.8) is 0 Å². The molecule has 0 spiro atoms. The Morgan fingerprint density at radius 3 is 2.59 bits per heavy atom. The van der Waals surface area contributed by atoms with E-state index in [0.29, 0.717) is 31.5 Å². The van der Waals surface area contributed by atoms with Gasteiger partial charge in [-0.05, 0) is 36.4 Å². The van der Waals surface area contributed by atoms with Crippen molar-refractivity contribution in [3.8, 4) is 0 Å². The van der Waals surface area contributed by atoms with Gasteiger partial charge in [-0.25, -0.2) is 4.39 Å². The van der Waals surface area contributed by atoms with Crippen LogP contribution in [-0.2, 0) is 9.59 Å². The van der Waals surface area contributed by atoms with Crippen LogP contribution in [0.1, 0.15) is 29.6 Å². The first-order valence-corrected chi connectivity index (χ1v) is 10.6. The molecule has 8 heteroatoms. The van der Waals surface area contributed by atoms with Gasteiger partial charge in [0.15, 0.2) is 0 Å². The van der Waals surface area contributed by atoms with Gasteiger partial charge in [-0.2, -0.15) is 11.3 Å². The Hall–Kier alpha value is -2.74. The minimum absolute atomic E-state index is 0.0339. The van der Waals surface area contributed by atoms with Gasteiger partial charge < -0.3 is 15.1 Å². The molecule has 1 aromatic carbocycles. The van der Waals surface area contributed by atoms with Gasteiger partial charge in [0, 0.05) is 43.0 Å². The van der Waals surface area contributed by atoms with Crippen LogP contribution in [0, 0.1) is 11.7 Å². The van der Waals surface area contributed by atoms with Gasteiger partial charge in [0.1, 0.15) is 5.82 Å². The number of carbonyl (C=O) groups is 3. The second-order valence-electron chi connectivity index (χ2n) is 7.44. The fourth-order valence-electron chi connectivity index (χ4n) is 3.94. The fraction of sp³-hybridized carbons (Fsp3) is 0.381. The van der Waals surface area contributed by atoms with Gasteiger partial charge in [-0.15, -0.1) is 0 Å². The summed E-state index contributed by atoms with van der Waals surface area (Å²) in [5, 5.41) is 6.69. The van der Waals surface area contributed by atoms with Crippen molar-refractivity contribution in [1.82, 2.24) is 10.2 Å². The van der Waals surface area contributed by atoms with Crippen molar-refractivity contribution in [2.75, 3.05) is 24.5 Å². The summed E-state index contributed by atoms with van der Waals surface area (Å²) in [6, 6.07) is 7.94. The molecule has 2 aliphatic rings. The van der Waals surface area contributed by atoms with Gasteiger partial charge >= 0.3 is 0 Å². The lowest BCUT2D eigenvalue weighted by Crippen LogP contribution is -2.48. The van der Waals surface area contributed by atoms with Gasteiger partial charge in [0.2, 0.25) is 11.8 Å². The molecule has 1 unspecified atom stereocenters. The molecular formula is C21H22FN3O3S. The summed E-state index contributed by atoms with van der Waals surface area (Å²) in [5.74, 6) is -1.31. The molecule has 1 atom stereocenters. The number of nitrogens with zero attached hydrogens (tertiary/aromatic N) is 2. The zero-order valence-corrected chi connectivity index (χ0v) is 16.7. The highest BCUT2D eigenvalue weighted by Gasteiger charge is 2.38. The van der Waals surface area contributed by atoms with Crippen molar-refractivity contribution < 1.29 is 18.8 Å². The Kier molecular flexibility index (Phi) is 5.62. The third-order valence-corrected chi connectivity index (χ3v) is 6.23. The number of para-hydroxylation sites is 1. The van der Waals surface area contributed by atoms with Crippen LogP contribution >= 0.6 is 11.3 Å². The zero-order valence-electron chi connectivity index (χ0n) is 15.8. The normalized spacial score (nSPS) is 20.2. The van der Waals surface area contributed by atoms with E-state index in [1.165, 1.54) is 22.3 Å². The lowest BCUT2D eigenvalue weighted by Gasteiger charge is -2.33. The number of benzene rings is 1. The number of piperidine rings is 1. The Labute approximate surface area is 172 Å². The minimum Gasteiger partial charge on any atom is -0.349 e. The Morgan fingerprint density at radius 1 is 1.14 bits per heavy atom. The van der Waals surface area contributed by atoms with E-state index < -0.39 is 11.7 Å². The number of carbonyl (C=O) groups excluding carboxylic acids is 3.